The van der Waals surface area contributed by atoms with Gasteiger partial charge < -0.3 is 11.1 Å². The lowest BCUT2D eigenvalue weighted by molar-refractivity contribution is -0.117. The van der Waals surface area contributed by atoms with E-state index < -0.39 is 0 Å². The molecule has 1 aromatic heterocycles. The molecule has 116 valence electrons. The molecule has 4 nitrogen and oxygen atoms in total. The zero-order chi connectivity index (χ0) is 15.4. The average molecular weight is 315 g/mol. The van der Waals surface area contributed by atoms with E-state index in [0.717, 1.165) is 29.1 Å². The summed E-state index contributed by atoms with van der Waals surface area (Å²) >= 11 is 1.61. The zero-order valence-electron chi connectivity index (χ0n) is 12.5. The van der Waals surface area contributed by atoms with Gasteiger partial charge in [-0.2, -0.15) is 0 Å². The van der Waals surface area contributed by atoms with E-state index in [9.17, 15) is 4.79 Å². The second-order valence-electron chi connectivity index (χ2n) is 5.88. The summed E-state index contributed by atoms with van der Waals surface area (Å²) in [6.45, 7) is 0. The Hall–Kier alpha value is -1.72. The van der Waals surface area contributed by atoms with Crippen LogP contribution in [0.5, 0.6) is 0 Å². The van der Waals surface area contributed by atoms with Crippen LogP contribution >= 0.6 is 11.3 Å². The molecule has 1 aliphatic carbocycles. The zero-order valence-corrected chi connectivity index (χ0v) is 13.3. The van der Waals surface area contributed by atoms with Gasteiger partial charge in [0.15, 0.2) is 0 Å². The number of carbonyl (C=O) groups is 1. The van der Waals surface area contributed by atoms with Gasteiger partial charge in [-0.25, -0.2) is 4.98 Å². The number of nitrogens with zero attached hydrogens (tertiary/aromatic N) is 1. The van der Waals surface area contributed by atoms with Gasteiger partial charge in [0.05, 0.1) is 0 Å². The highest BCUT2D eigenvalue weighted by atomic mass is 32.1. The average Bonchev–Trinajstić information content (AvgIpc) is 3.05. The fourth-order valence-corrected chi connectivity index (χ4v) is 3.65. The molecule has 0 saturated heterocycles. The normalized spacial score (nSPS) is 21.5. The first kappa shape index (κ1) is 15.2. The minimum absolute atomic E-state index is 0.0596. The molecule has 1 heterocycles. The number of thiazole rings is 1. The highest BCUT2D eigenvalue weighted by Crippen LogP contribution is 2.27. The number of carbonyl (C=O) groups excluding carboxylic acids is 1. The van der Waals surface area contributed by atoms with Gasteiger partial charge in [0, 0.05) is 35.3 Å². The number of nitrogens with two attached hydrogens (primary N) is 1. The summed E-state index contributed by atoms with van der Waals surface area (Å²) in [6.07, 6.45) is 6.81. The largest absolute Gasteiger partial charge is 0.327 e. The summed E-state index contributed by atoms with van der Waals surface area (Å²) in [4.78, 5) is 16.4. The molecule has 3 N–H and O–H groups in total. The summed E-state index contributed by atoms with van der Waals surface area (Å²) in [5, 5.41) is 5.92. The van der Waals surface area contributed by atoms with Crippen molar-refractivity contribution in [3.05, 3.63) is 35.8 Å². The first-order valence-electron chi connectivity index (χ1n) is 7.78. The first-order valence-corrected chi connectivity index (χ1v) is 8.66. The number of nitrogens with one attached hydrogen (secondary N) is 1. The Morgan fingerprint density at radius 1 is 1.27 bits per heavy atom. The van der Waals surface area contributed by atoms with Gasteiger partial charge >= 0.3 is 0 Å². The van der Waals surface area contributed by atoms with Crippen molar-refractivity contribution >= 4 is 22.9 Å². The SMILES string of the molecule is NC1CCCCC1CC(=O)Nc1ccc(-c2nccs2)cc1. The minimum atomic E-state index is 0.0596. The van der Waals surface area contributed by atoms with Crippen LogP contribution in [0.25, 0.3) is 10.6 Å². The van der Waals surface area contributed by atoms with Crippen molar-refractivity contribution < 1.29 is 4.79 Å². The van der Waals surface area contributed by atoms with Crippen LogP contribution < -0.4 is 11.1 Å². The molecule has 22 heavy (non-hydrogen) atoms. The molecule has 2 atom stereocenters. The van der Waals surface area contributed by atoms with Crippen molar-refractivity contribution in [2.45, 2.75) is 38.1 Å². The molecule has 1 fully saturated rings. The van der Waals surface area contributed by atoms with Gasteiger partial charge in [-0.15, -0.1) is 11.3 Å². The Kier molecular flexibility index (Phi) is 4.85. The van der Waals surface area contributed by atoms with Crippen molar-refractivity contribution in [2.75, 3.05) is 5.32 Å². The van der Waals surface area contributed by atoms with Crippen molar-refractivity contribution in [1.29, 1.82) is 0 Å². The maximum Gasteiger partial charge on any atom is 0.224 e. The Morgan fingerprint density at radius 2 is 2.05 bits per heavy atom. The van der Waals surface area contributed by atoms with Gasteiger partial charge in [0.2, 0.25) is 5.91 Å². The van der Waals surface area contributed by atoms with Crippen LogP contribution in [0.3, 0.4) is 0 Å². The molecule has 0 bridgehead atoms. The van der Waals surface area contributed by atoms with E-state index in [-0.39, 0.29) is 11.9 Å². The van der Waals surface area contributed by atoms with Crippen LogP contribution in [-0.4, -0.2) is 16.9 Å². The minimum Gasteiger partial charge on any atom is -0.327 e. The topological polar surface area (TPSA) is 68.0 Å². The Balaban J connectivity index is 1.57. The van der Waals surface area contributed by atoms with E-state index in [1.54, 1.807) is 17.5 Å². The van der Waals surface area contributed by atoms with E-state index in [1.165, 1.54) is 12.8 Å². The summed E-state index contributed by atoms with van der Waals surface area (Å²) in [7, 11) is 0. The number of amides is 1. The highest BCUT2D eigenvalue weighted by Gasteiger charge is 2.24. The predicted molar refractivity (Wildman–Crippen MR) is 90.7 cm³/mol. The number of hydrogen-bond acceptors (Lipinski definition) is 4. The van der Waals surface area contributed by atoms with Crippen LogP contribution in [0.4, 0.5) is 5.69 Å². The van der Waals surface area contributed by atoms with Crippen molar-refractivity contribution in [1.82, 2.24) is 4.98 Å². The van der Waals surface area contributed by atoms with E-state index in [0.29, 0.717) is 12.3 Å². The quantitative estimate of drug-likeness (QED) is 0.905. The second kappa shape index (κ2) is 7.03. The van der Waals surface area contributed by atoms with Crippen molar-refractivity contribution in [3.8, 4) is 10.6 Å². The lowest BCUT2D eigenvalue weighted by atomic mass is 9.83. The van der Waals surface area contributed by atoms with E-state index in [2.05, 4.69) is 10.3 Å². The molecule has 5 heteroatoms. The molecule has 2 aromatic rings. The fraction of sp³-hybridized carbons (Fsp3) is 0.412. The van der Waals surface area contributed by atoms with Gasteiger partial charge in [-0.1, -0.05) is 12.8 Å². The summed E-state index contributed by atoms with van der Waals surface area (Å²) in [5.41, 5.74) is 8.01. The van der Waals surface area contributed by atoms with Crippen molar-refractivity contribution in [3.63, 3.8) is 0 Å². The van der Waals surface area contributed by atoms with E-state index in [1.807, 2.05) is 29.6 Å². The number of benzene rings is 1. The molecule has 1 saturated carbocycles. The summed E-state index contributed by atoms with van der Waals surface area (Å²) < 4.78 is 0. The monoisotopic (exact) mass is 315 g/mol. The van der Waals surface area contributed by atoms with E-state index >= 15 is 0 Å². The van der Waals surface area contributed by atoms with Crippen LogP contribution in [0.1, 0.15) is 32.1 Å². The number of rotatable bonds is 4. The molecule has 1 amide bonds. The van der Waals surface area contributed by atoms with Gasteiger partial charge in [-0.05, 0) is 43.0 Å². The Labute approximate surface area is 134 Å². The smallest absolute Gasteiger partial charge is 0.224 e. The highest BCUT2D eigenvalue weighted by molar-refractivity contribution is 7.13. The number of hydrogen-bond donors (Lipinski definition) is 2. The lowest BCUT2D eigenvalue weighted by Gasteiger charge is -2.27. The molecule has 0 spiro atoms. The number of aromatic nitrogens is 1. The van der Waals surface area contributed by atoms with Crippen LogP contribution in [-0.2, 0) is 4.79 Å². The van der Waals surface area contributed by atoms with Crippen LogP contribution in [0, 0.1) is 5.92 Å². The lowest BCUT2D eigenvalue weighted by Crippen LogP contribution is -2.35. The predicted octanol–water partition coefficient (Wildman–Crippen LogP) is 3.66. The Morgan fingerprint density at radius 3 is 2.73 bits per heavy atom. The van der Waals surface area contributed by atoms with Crippen LogP contribution in [0.2, 0.25) is 0 Å². The first-order chi connectivity index (χ1) is 10.7. The Bertz CT molecular complexity index is 609. The number of anilines is 1. The summed E-state index contributed by atoms with van der Waals surface area (Å²) in [5.74, 6) is 0.382. The standard InChI is InChI=1S/C17H21N3OS/c18-15-4-2-1-3-13(15)11-16(21)20-14-7-5-12(6-8-14)17-19-9-10-22-17/h5-10,13,15H,1-4,11,18H2,(H,20,21). The molecular formula is C17H21N3OS. The molecule has 0 aliphatic heterocycles. The maximum atomic E-state index is 12.2. The van der Waals surface area contributed by atoms with Crippen molar-refractivity contribution in [2.24, 2.45) is 11.7 Å². The van der Waals surface area contributed by atoms with E-state index in [4.69, 9.17) is 5.73 Å². The third kappa shape index (κ3) is 3.72. The third-order valence-corrected chi connectivity index (χ3v) is 5.09. The molecule has 1 aliphatic rings. The molecule has 2 unspecified atom stereocenters. The van der Waals surface area contributed by atoms with Gasteiger partial charge in [0.25, 0.3) is 0 Å². The summed E-state index contributed by atoms with van der Waals surface area (Å²) in [6, 6.07) is 8.00. The van der Waals surface area contributed by atoms with Crippen LogP contribution in [0.15, 0.2) is 35.8 Å². The second-order valence-corrected chi connectivity index (χ2v) is 6.77. The molecular weight excluding hydrogens is 294 g/mol. The molecule has 0 radical (unpaired) electrons. The fourth-order valence-electron chi connectivity index (χ4n) is 3.00. The van der Waals surface area contributed by atoms with Gasteiger partial charge in [-0.3, -0.25) is 4.79 Å². The molecule has 1 aromatic carbocycles. The maximum absolute atomic E-state index is 12.2. The third-order valence-electron chi connectivity index (χ3n) is 4.26. The van der Waals surface area contributed by atoms with Gasteiger partial charge in [0.1, 0.15) is 5.01 Å². The molecule has 3 rings (SSSR count).